The van der Waals surface area contributed by atoms with Crippen LogP contribution in [0.15, 0.2) is 12.1 Å². The number of unbranched alkanes of at least 4 members (excludes halogenated alkanes) is 3. The third-order valence-electron chi connectivity index (χ3n) is 5.12. The zero-order chi connectivity index (χ0) is 21.1. The van der Waals surface area contributed by atoms with E-state index in [4.69, 9.17) is 25.8 Å². The summed E-state index contributed by atoms with van der Waals surface area (Å²) >= 11 is 6.39. The number of carbonyl (C=O) groups is 1. The summed E-state index contributed by atoms with van der Waals surface area (Å²) in [5.41, 5.74) is 0.535. The average Bonchev–Trinajstić information content (AvgIpc) is 2.74. The van der Waals surface area contributed by atoms with Crippen molar-refractivity contribution in [2.75, 3.05) is 59.7 Å². The van der Waals surface area contributed by atoms with E-state index < -0.39 is 0 Å². The Balaban J connectivity index is 2.12. The number of hydrogen-bond donors (Lipinski definition) is 0. The molecular formula is C22H35ClN2O4. The van der Waals surface area contributed by atoms with Crippen molar-refractivity contribution in [2.24, 2.45) is 0 Å². The summed E-state index contributed by atoms with van der Waals surface area (Å²) in [6, 6.07) is 3.41. The second-order valence-corrected chi connectivity index (χ2v) is 7.64. The van der Waals surface area contributed by atoms with Gasteiger partial charge in [-0.1, -0.05) is 37.8 Å². The van der Waals surface area contributed by atoms with E-state index in [2.05, 4.69) is 11.8 Å². The number of benzene rings is 1. The topological polar surface area (TPSA) is 51.2 Å². The Morgan fingerprint density at radius 3 is 2.59 bits per heavy atom. The molecule has 6 nitrogen and oxygen atoms in total. The van der Waals surface area contributed by atoms with Crippen LogP contribution in [0.2, 0.25) is 5.02 Å². The summed E-state index contributed by atoms with van der Waals surface area (Å²) in [5, 5.41) is 0.397. The Bertz CT molecular complexity index is 635. The molecule has 1 aliphatic heterocycles. The number of methoxy groups -OCH3 is 1. The molecule has 0 aromatic heterocycles. The Morgan fingerprint density at radius 1 is 1.17 bits per heavy atom. The Morgan fingerprint density at radius 2 is 1.93 bits per heavy atom. The molecule has 1 amide bonds. The summed E-state index contributed by atoms with van der Waals surface area (Å²) in [6.07, 6.45) is 4.50. The molecule has 29 heavy (non-hydrogen) atoms. The molecule has 0 saturated carbocycles. The van der Waals surface area contributed by atoms with Crippen molar-refractivity contribution in [2.45, 2.75) is 39.5 Å². The standard InChI is InChI=1S/C22H35ClN2O4/c1-4-6-7-8-9-25(11-10-24-12-14-28-15-13-24)22(26)18-16-19(23)21(29-5-2)20(17-18)27-3/h16-17H,4-15H2,1-3H3. The fourth-order valence-electron chi connectivity index (χ4n) is 3.44. The molecule has 2 rings (SSSR count). The number of morpholine rings is 1. The fourth-order valence-corrected chi connectivity index (χ4v) is 3.71. The SMILES string of the molecule is CCCCCCN(CCN1CCOCC1)C(=O)c1cc(Cl)c(OCC)c(OC)c1. The smallest absolute Gasteiger partial charge is 0.254 e. The highest BCUT2D eigenvalue weighted by Crippen LogP contribution is 2.36. The molecule has 1 aromatic carbocycles. The third-order valence-corrected chi connectivity index (χ3v) is 5.40. The van der Waals surface area contributed by atoms with Gasteiger partial charge in [-0.05, 0) is 25.5 Å². The monoisotopic (exact) mass is 426 g/mol. The minimum absolute atomic E-state index is 0.0157. The van der Waals surface area contributed by atoms with Crippen molar-refractivity contribution in [1.82, 2.24) is 9.80 Å². The van der Waals surface area contributed by atoms with Gasteiger partial charge in [-0.25, -0.2) is 0 Å². The van der Waals surface area contributed by atoms with E-state index in [0.29, 0.717) is 35.2 Å². The van der Waals surface area contributed by atoms with E-state index >= 15 is 0 Å². The molecule has 1 aliphatic rings. The summed E-state index contributed by atoms with van der Waals surface area (Å²) in [6.45, 7) is 10.2. The Hall–Kier alpha value is -1.50. The van der Waals surface area contributed by atoms with Gasteiger partial charge in [0, 0.05) is 38.3 Å². The van der Waals surface area contributed by atoms with Gasteiger partial charge >= 0.3 is 0 Å². The van der Waals surface area contributed by atoms with Crippen LogP contribution in [0.5, 0.6) is 11.5 Å². The van der Waals surface area contributed by atoms with Gasteiger partial charge in [0.1, 0.15) is 0 Å². The normalized spacial score (nSPS) is 14.6. The number of amides is 1. The van der Waals surface area contributed by atoms with Crippen molar-refractivity contribution in [3.8, 4) is 11.5 Å². The lowest BCUT2D eigenvalue weighted by Gasteiger charge is -2.30. The molecule has 1 aromatic rings. The average molecular weight is 427 g/mol. The molecule has 0 unspecified atom stereocenters. The van der Waals surface area contributed by atoms with Crippen molar-refractivity contribution in [1.29, 1.82) is 0 Å². The zero-order valence-electron chi connectivity index (χ0n) is 18.0. The molecule has 0 aliphatic carbocycles. The maximum atomic E-state index is 13.3. The van der Waals surface area contributed by atoms with Crippen molar-refractivity contribution >= 4 is 17.5 Å². The molecule has 164 valence electrons. The third kappa shape index (κ3) is 7.36. The highest BCUT2D eigenvalue weighted by Gasteiger charge is 2.21. The van der Waals surface area contributed by atoms with Crippen LogP contribution in [0.4, 0.5) is 0 Å². The van der Waals surface area contributed by atoms with E-state index in [0.717, 1.165) is 52.2 Å². The minimum Gasteiger partial charge on any atom is -0.493 e. The highest BCUT2D eigenvalue weighted by atomic mass is 35.5. The predicted octanol–water partition coefficient (Wildman–Crippen LogP) is 4.10. The number of rotatable bonds is 12. The fraction of sp³-hybridized carbons (Fsp3) is 0.682. The highest BCUT2D eigenvalue weighted by molar-refractivity contribution is 6.32. The van der Waals surface area contributed by atoms with E-state index in [9.17, 15) is 4.79 Å². The summed E-state index contributed by atoms with van der Waals surface area (Å²) < 4.78 is 16.4. The van der Waals surface area contributed by atoms with Crippen LogP contribution in [-0.2, 0) is 4.74 Å². The van der Waals surface area contributed by atoms with Gasteiger partial charge in [0.2, 0.25) is 0 Å². The van der Waals surface area contributed by atoms with Gasteiger partial charge in [0.25, 0.3) is 5.91 Å². The van der Waals surface area contributed by atoms with Gasteiger partial charge in [-0.2, -0.15) is 0 Å². The lowest BCUT2D eigenvalue weighted by molar-refractivity contribution is 0.0324. The van der Waals surface area contributed by atoms with E-state index in [1.54, 1.807) is 19.2 Å². The first-order valence-electron chi connectivity index (χ1n) is 10.7. The van der Waals surface area contributed by atoms with Gasteiger partial charge in [-0.3, -0.25) is 9.69 Å². The van der Waals surface area contributed by atoms with Crippen LogP contribution in [-0.4, -0.2) is 75.4 Å². The van der Waals surface area contributed by atoms with Crippen LogP contribution < -0.4 is 9.47 Å². The van der Waals surface area contributed by atoms with Gasteiger partial charge in [0.15, 0.2) is 11.5 Å². The summed E-state index contributed by atoms with van der Waals surface area (Å²) in [5.74, 6) is 0.954. The second-order valence-electron chi connectivity index (χ2n) is 7.23. The van der Waals surface area contributed by atoms with E-state index in [1.807, 2.05) is 11.8 Å². The predicted molar refractivity (Wildman–Crippen MR) is 116 cm³/mol. The van der Waals surface area contributed by atoms with Crippen LogP contribution in [0, 0.1) is 0 Å². The number of halogens is 1. The lowest BCUT2D eigenvalue weighted by atomic mass is 10.1. The number of ether oxygens (including phenoxy) is 3. The molecule has 1 heterocycles. The number of nitrogens with zero attached hydrogens (tertiary/aromatic N) is 2. The molecule has 0 bridgehead atoms. The maximum Gasteiger partial charge on any atom is 0.254 e. The Kier molecular flexibility index (Phi) is 10.6. The van der Waals surface area contributed by atoms with E-state index in [-0.39, 0.29) is 5.91 Å². The molecule has 1 fully saturated rings. The summed E-state index contributed by atoms with van der Waals surface area (Å²) in [4.78, 5) is 17.6. The molecule has 0 N–H and O–H groups in total. The lowest BCUT2D eigenvalue weighted by Crippen LogP contribution is -2.43. The molecule has 0 spiro atoms. The first-order chi connectivity index (χ1) is 14.1. The van der Waals surface area contributed by atoms with Crippen LogP contribution in [0.25, 0.3) is 0 Å². The summed E-state index contributed by atoms with van der Waals surface area (Å²) in [7, 11) is 1.56. The Labute approximate surface area is 180 Å². The van der Waals surface area contributed by atoms with Crippen LogP contribution in [0.3, 0.4) is 0 Å². The van der Waals surface area contributed by atoms with Crippen LogP contribution in [0.1, 0.15) is 49.9 Å². The van der Waals surface area contributed by atoms with Crippen molar-refractivity contribution in [3.05, 3.63) is 22.7 Å². The number of carbonyl (C=O) groups excluding carboxylic acids is 1. The van der Waals surface area contributed by atoms with Gasteiger partial charge < -0.3 is 19.1 Å². The van der Waals surface area contributed by atoms with Crippen molar-refractivity contribution < 1.29 is 19.0 Å². The minimum atomic E-state index is -0.0157. The quantitative estimate of drug-likeness (QED) is 0.471. The molecule has 0 atom stereocenters. The van der Waals surface area contributed by atoms with E-state index in [1.165, 1.54) is 12.8 Å². The second kappa shape index (κ2) is 12.9. The van der Waals surface area contributed by atoms with Crippen LogP contribution >= 0.6 is 11.6 Å². The molecule has 7 heteroatoms. The largest absolute Gasteiger partial charge is 0.493 e. The molecule has 0 radical (unpaired) electrons. The first-order valence-corrected chi connectivity index (χ1v) is 11.1. The number of hydrogen-bond acceptors (Lipinski definition) is 5. The molecule has 1 saturated heterocycles. The van der Waals surface area contributed by atoms with Gasteiger partial charge in [-0.15, -0.1) is 0 Å². The zero-order valence-corrected chi connectivity index (χ0v) is 18.8. The first kappa shape index (κ1) is 23.8. The van der Waals surface area contributed by atoms with Gasteiger partial charge in [0.05, 0.1) is 32.0 Å². The molecular weight excluding hydrogens is 392 g/mol. The van der Waals surface area contributed by atoms with Crippen molar-refractivity contribution in [3.63, 3.8) is 0 Å². The maximum absolute atomic E-state index is 13.3.